The number of carbonyl (C=O) groups excluding carboxylic acids is 1. The van der Waals surface area contributed by atoms with Gasteiger partial charge in [0, 0.05) is 23.3 Å². The summed E-state index contributed by atoms with van der Waals surface area (Å²) in [5.74, 6) is -0.684. The molecule has 2 aromatic rings. The molecule has 0 unspecified atom stereocenters. The number of amides is 1. The quantitative estimate of drug-likeness (QED) is 0.814. The minimum atomic E-state index is -0.358. The Balaban J connectivity index is 2.21. The summed E-state index contributed by atoms with van der Waals surface area (Å²) in [6.07, 6.45) is 0. The smallest absolute Gasteiger partial charge is 0.255 e. The molecule has 104 valence electrons. The highest BCUT2D eigenvalue weighted by molar-refractivity contribution is 7.93. The number of carbonyl (C=O) groups is 1. The molecule has 2 aromatic carbocycles. The minimum absolute atomic E-state index is 0.326. The van der Waals surface area contributed by atoms with Crippen molar-refractivity contribution < 1.29 is 13.7 Å². The van der Waals surface area contributed by atoms with E-state index in [1.54, 1.807) is 19.1 Å². The average Bonchev–Trinajstić information content (AvgIpc) is 2.43. The summed E-state index contributed by atoms with van der Waals surface area (Å²) in [5, 5.41) is 3.02. The van der Waals surface area contributed by atoms with Crippen molar-refractivity contribution in [1.29, 1.82) is 0 Å². The van der Waals surface area contributed by atoms with Crippen LogP contribution in [0.15, 0.2) is 41.3 Å². The van der Waals surface area contributed by atoms with Crippen LogP contribution in [0.2, 0.25) is 5.02 Å². The van der Waals surface area contributed by atoms with Crippen molar-refractivity contribution in [2.75, 3.05) is 5.32 Å². The van der Waals surface area contributed by atoms with Gasteiger partial charge in [0.2, 0.25) is 0 Å². The van der Waals surface area contributed by atoms with E-state index >= 15 is 0 Å². The van der Waals surface area contributed by atoms with Gasteiger partial charge in [-0.15, -0.1) is 0 Å². The van der Waals surface area contributed by atoms with E-state index in [-0.39, 0.29) is 11.7 Å². The average molecular weight is 312 g/mol. The maximum absolute atomic E-state index is 13.1. The minimum Gasteiger partial charge on any atom is -0.325 e. The van der Waals surface area contributed by atoms with Gasteiger partial charge in [0.05, 0.1) is 9.92 Å². The van der Waals surface area contributed by atoms with Crippen LogP contribution in [0.1, 0.15) is 15.9 Å². The van der Waals surface area contributed by atoms with Gasteiger partial charge in [-0.2, -0.15) is 0 Å². The topological polar surface area (TPSA) is 49.3 Å². The van der Waals surface area contributed by atoms with Gasteiger partial charge < -0.3 is 9.87 Å². The molecular weight excluding hydrogens is 301 g/mol. The number of hydrogen-bond donors (Lipinski definition) is 2. The highest BCUT2D eigenvalue weighted by Gasteiger charge is 2.10. The first kappa shape index (κ1) is 14.8. The number of halogens is 2. The monoisotopic (exact) mass is 311 g/mol. The second-order valence-electron chi connectivity index (χ2n) is 4.15. The summed E-state index contributed by atoms with van der Waals surface area (Å²) in [5.41, 5.74) is 1.31. The molecule has 0 atom stereocenters. The molecule has 0 fully saturated rings. The van der Waals surface area contributed by atoms with Crippen LogP contribution in [0.25, 0.3) is 0 Å². The number of rotatable bonds is 3. The SMILES string of the molecule is Cc1cc(NC(=O)c2ccc(Cl)c(SO)c2)ccc1F. The van der Waals surface area contributed by atoms with Crippen LogP contribution >= 0.6 is 23.6 Å². The third kappa shape index (κ3) is 3.30. The molecule has 20 heavy (non-hydrogen) atoms. The molecule has 0 saturated carbocycles. The predicted octanol–water partition coefficient (Wildman–Crippen LogP) is 4.60. The molecule has 2 rings (SSSR count). The van der Waals surface area contributed by atoms with Gasteiger partial charge in [0.25, 0.3) is 5.91 Å². The molecule has 0 aromatic heterocycles. The van der Waals surface area contributed by atoms with E-state index in [1.165, 1.54) is 24.3 Å². The van der Waals surface area contributed by atoms with E-state index in [0.29, 0.717) is 38.8 Å². The van der Waals surface area contributed by atoms with Gasteiger partial charge in [-0.25, -0.2) is 4.39 Å². The standard InChI is InChI=1S/C14H11ClFNO2S/c1-8-6-10(3-5-12(8)16)17-14(18)9-2-4-11(15)13(7-9)20-19/h2-7,19H,1H3,(H,17,18). The summed E-state index contributed by atoms with van der Waals surface area (Å²) in [7, 11) is 0. The summed E-state index contributed by atoms with van der Waals surface area (Å²) in [6.45, 7) is 1.62. The van der Waals surface area contributed by atoms with E-state index in [0.717, 1.165) is 0 Å². The fourth-order valence-corrected chi connectivity index (χ4v) is 2.20. The molecule has 0 radical (unpaired) electrons. The van der Waals surface area contributed by atoms with Crippen LogP contribution in [0.5, 0.6) is 0 Å². The molecular formula is C14H11ClFNO2S. The van der Waals surface area contributed by atoms with Gasteiger partial charge in [0.15, 0.2) is 0 Å². The molecule has 0 aliphatic heterocycles. The van der Waals surface area contributed by atoms with Crippen LogP contribution in [0.3, 0.4) is 0 Å². The van der Waals surface area contributed by atoms with E-state index in [9.17, 15) is 9.18 Å². The Kier molecular flexibility index (Phi) is 4.65. The molecule has 3 nitrogen and oxygen atoms in total. The lowest BCUT2D eigenvalue weighted by Crippen LogP contribution is -2.12. The lowest BCUT2D eigenvalue weighted by molar-refractivity contribution is 0.102. The third-order valence-electron chi connectivity index (χ3n) is 2.71. The predicted molar refractivity (Wildman–Crippen MR) is 79.0 cm³/mol. The lowest BCUT2D eigenvalue weighted by Gasteiger charge is -2.08. The Hall–Kier alpha value is -1.56. The summed E-state index contributed by atoms with van der Waals surface area (Å²) >= 11 is 6.32. The third-order valence-corrected chi connectivity index (χ3v) is 3.68. The van der Waals surface area contributed by atoms with Crippen molar-refractivity contribution in [2.24, 2.45) is 0 Å². The molecule has 6 heteroatoms. The van der Waals surface area contributed by atoms with Crippen LogP contribution in [0.4, 0.5) is 10.1 Å². The fourth-order valence-electron chi connectivity index (χ4n) is 1.64. The molecule has 0 spiro atoms. The second kappa shape index (κ2) is 6.26. The van der Waals surface area contributed by atoms with Gasteiger partial charge in [-0.05, 0) is 48.9 Å². The van der Waals surface area contributed by atoms with Gasteiger partial charge in [-0.3, -0.25) is 4.79 Å². The fraction of sp³-hybridized carbons (Fsp3) is 0.0714. The van der Waals surface area contributed by atoms with Crippen molar-refractivity contribution in [3.63, 3.8) is 0 Å². The zero-order valence-electron chi connectivity index (χ0n) is 10.5. The number of nitrogens with one attached hydrogen (secondary N) is 1. The van der Waals surface area contributed by atoms with Crippen LogP contribution < -0.4 is 5.32 Å². The first-order valence-corrected chi connectivity index (χ1v) is 6.85. The highest BCUT2D eigenvalue weighted by atomic mass is 35.5. The normalized spacial score (nSPS) is 10.4. The van der Waals surface area contributed by atoms with Crippen LogP contribution in [-0.4, -0.2) is 10.5 Å². The van der Waals surface area contributed by atoms with E-state index in [4.69, 9.17) is 16.2 Å². The maximum Gasteiger partial charge on any atom is 0.255 e. The highest BCUT2D eigenvalue weighted by Crippen LogP contribution is 2.26. The first-order valence-electron chi connectivity index (χ1n) is 5.69. The van der Waals surface area contributed by atoms with Crippen molar-refractivity contribution in [2.45, 2.75) is 11.8 Å². The molecule has 0 aliphatic rings. The number of aryl methyl sites for hydroxylation is 1. The van der Waals surface area contributed by atoms with Crippen molar-refractivity contribution in [3.8, 4) is 0 Å². The number of hydrogen-bond acceptors (Lipinski definition) is 3. The van der Waals surface area contributed by atoms with Crippen molar-refractivity contribution in [3.05, 3.63) is 58.4 Å². The largest absolute Gasteiger partial charge is 0.325 e. The Morgan fingerprint density at radius 1 is 1.30 bits per heavy atom. The Labute approximate surface area is 125 Å². The van der Waals surface area contributed by atoms with E-state index in [2.05, 4.69) is 5.32 Å². The van der Waals surface area contributed by atoms with E-state index < -0.39 is 0 Å². The lowest BCUT2D eigenvalue weighted by atomic mass is 10.2. The molecule has 0 saturated heterocycles. The first-order chi connectivity index (χ1) is 9.51. The number of anilines is 1. The van der Waals surface area contributed by atoms with Gasteiger partial charge in [-0.1, -0.05) is 11.6 Å². The van der Waals surface area contributed by atoms with Crippen LogP contribution in [-0.2, 0) is 0 Å². The van der Waals surface area contributed by atoms with E-state index in [1.807, 2.05) is 0 Å². The molecule has 0 heterocycles. The summed E-state index contributed by atoms with van der Waals surface area (Å²) < 4.78 is 22.2. The Bertz CT molecular complexity index is 664. The molecule has 0 aliphatic carbocycles. The zero-order valence-corrected chi connectivity index (χ0v) is 12.1. The molecule has 1 amide bonds. The van der Waals surface area contributed by atoms with Crippen LogP contribution in [0, 0.1) is 12.7 Å². The Morgan fingerprint density at radius 2 is 2.05 bits per heavy atom. The second-order valence-corrected chi connectivity index (χ2v) is 5.18. The summed E-state index contributed by atoms with van der Waals surface area (Å²) in [6, 6.07) is 8.89. The maximum atomic E-state index is 13.1. The zero-order chi connectivity index (χ0) is 14.7. The van der Waals surface area contributed by atoms with Crippen molar-refractivity contribution in [1.82, 2.24) is 0 Å². The Morgan fingerprint density at radius 3 is 2.70 bits per heavy atom. The molecule has 0 bridgehead atoms. The van der Waals surface area contributed by atoms with Gasteiger partial charge in [0.1, 0.15) is 5.82 Å². The summed E-state index contributed by atoms with van der Waals surface area (Å²) in [4.78, 5) is 12.4. The molecule has 2 N–H and O–H groups in total. The van der Waals surface area contributed by atoms with Crippen molar-refractivity contribution >= 4 is 35.2 Å². The van der Waals surface area contributed by atoms with Gasteiger partial charge >= 0.3 is 0 Å². The number of benzene rings is 2.